The average Bonchev–Trinajstić information content (AvgIpc) is 2.89. The summed E-state index contributed by atoms with van der Waals surface area (Å²) in [5.41, 5.74) is 0.963. The van der Waals surface area contributed by atoms with E-state index in [0.717, 1.165) is 33.5 Å². The number of carbonyl (C=O) groups excluding carboxylic acids is 1. The van der Waals surface area contributed by atoms with Crippen LogP contribution in [-0.2, 0) is 4.74 Å². The Morgan fingerprint density at radius 3 is 2.80 bits per heavy atom. The SMILES string of the molecule is COC(=O)N1CCN(c2nc3ccc(Cl)cc3s2)CC1. The summed E-state index contributed by atoms with van der Waals surface area (Å²) in [6.45, 7) is 2.85. The van der Waals surface area contributed by atoms with Crippen LogP contribution in [0.1, 0.15) is 0 Å². The normalized spacial score (nSPS) is 15.7. The fourth-order valence-electron chi connectivity index (χ4n) is 2.23. The molecule has 1 fully saturated rings. The van der Waals surface area contributed by atoms with Gasteiger partial charge in [-0.2, -0.15) is 0 Å². The van der Waals surface area contributed by atoms with Crippen molar-refractivity contribution in [2.24, 2.45) is 0 Å². The Labute approximate surface area is 125 Å². The van der Waals surface area contributed by atoms with Crippen molar-refractivity contribution in [1.82, 2.24) is 9.88 Å². The number of methoxy groups -OCH3 is 1. The minimum Gasteiger partial charge on any atom is -0.453 e. The Hall–Kier alpha value is -1.53. The van der Waals surface area contributed by atoms with Gasteiger partial charge in [0.05, 0.1) is 17.3 Å². The molecular formula is C13H14ClN3O2S. The number of anilines is 1. The summed E-state index contributed by atoms with van der Waals surface area (Å²) in [5, 5.41) is 1.70. The lowest BCUT2D eigenvalue weighted by Crippen LogP contribution is -2.48. The zero-order valence-electron chi connectivity index (χ0n) is 11.0. The number of ether oxygens (including phenoxy) is 1. The highest BCUT2D eigenvalue weighted by Gasteiger charge is 2.23. The number of benzene rings is 1. The molecule has 0 unspecified atom stereocenters. The lowest BCUT2D eigenvalue weighted by molar-refractivity contribution is 0.121. The van der Waals surface area contributed by atoms with Crippen molar-refractivity contribution < 1.29 is 9.53 Å². The zero-order chi connectivity index (χ0) is 14.1. The van der Waals surface area contributed by atoms with Crippen molar-refractivity contribution in [3.05, 3.63) is 23.2 Å². The predicted octanol–water partition coefficient (Wildman–Crippen LogP) is 2.84. The number of carbonyl (C=O) groups is 1. The maximum atomic E-state index is 11.4. The van der Waals surface area contributed by atoms with E-state index in [2.05, 4.69) is 9.88 Å². The van der Waals surface area contributed by atoms with E-state index in [9.17, 15) is 4.79 Å². The Morgan fingerprint density at radius 1 is 1.35 bits per heavy atom. The molecule has 0 bridgehead atoms. The monoisotopic (exact) mass is 311 g/mol. The van der Waals surface area contributed by atoms with Crippen molar-refractivity contribution >= 4 is 44.4 Å². The van der Waals surface area contributed by atoms with E-state index < -0.39 is 0 Å². The molecule has 7 heteroatoms. The first-order valence-electron chi connectivity index (χ1n) is 6.31. The quantitative estimate of drug-likeness (QED) is 0.812. The smallest absolute Gasteiger partial charge is 0.409 e. The molecule has 2 heterocycles. The summed E-state index contributed by atoms with van der Waals surface area (Å²) in [4.78, 5) is 20.0. The summed E-state index contributed by atoms with van der Waals surface area (Å²) in [6, 6.07) is 5.72. The van der Waals surface area contributed by atoms with Gasteiger partial charge in [0.15, 0.2) is 5.13 Å². The topological polar surface area (TPSA) is 45.7 Å². The van der Waals surface area contributed by atoms with Crippen molar-refractivity contribution in [2.45, 2.75) is 0 Å². The second kappa shape index (κ2) is 5.46. The highest BCUT2D eigenvalue weighted by atomic mass is 35.5. The number of halogens is 1. The molecule has 3 rings (SSSR count). The largest absolute Gasteiger partial charge is 0.453 e. The van der Waals surface area contributed by atoms with Gasteiger partial charge < -0.3 is 14.5 Å². The van der Waals surface area contributed by atoms with Gasteiger partial charge in [-0.3, -0.25) is 0 Å². The van der Waals surface area contributed by atoms with E-state index in [1.54, 1.807) is 16.2 Å². The van der Waals surface area contributed by atoms with E-state index in [4.69, 9.17) is 16.3 Å². The van der Waals surface area contributed by atoms with Gasteiger partial charge in [0.25, 0.3) is 0 Å². The van der Waals surface area contributed by atoms with Crippen LogP contribution in [0.3, 0.4) is 0 Å². The first-order valence-corrected chi connectivity index (χ1v) is 7.51. The van der Waals surface area contributed by atoms with E-state index in [0.29, 0.717) is 13.1 Å². The molecule has 0 spiro atoms. The Morgan fingerprint density at radius 2 is 2.10 bits per heavy atom. The van der Waals surface area contributed by atoms with Gasteiger partial charge >= 0.3 is 6.09 Å². The minimum atomic E-state index is -0.263. The molecule has 0 radical (unpaired) electrons. The van der Waals surface area contributed by atoms with Crippen LogP contribution in [-0.4, -0.2) is 49.3 Å². The summed E-state index contributed by atoms with van der Waals surface area (Å²) < 4.78 is 5.82. The van der Waals surface area contributed by atoms with E-state index in [1.807, 2.05) is 18.2 Å². The zero-order valence-corrected chi connectivity index (χ0v) is 12.6. The lowest BCUT2D eigenvalue weighted by Gasteiger charge is -2.33. The molecule has 106 valence electrons. The lowest BCUT2D eigenvalue weighted by atomic mass is 10.3. The van der Waals surface area contributed by atoms with E-state index in [1.165, 1.54) is 7.11 Å². The first-order chi connectivity index (χ1) is 9.67. The van der Waals surface area contributed by atoms with Crippen molar-refractivity contribution in [2.75, 3.05) is 38.2 Å². The molecule has 0 N–H and O–H groups in total. The maximum absolute atomic E-state index is 11.4. The summed E-state index contributed by atoms with van der Waals surface area (Å²) >= 11 is 7.62. The summed E-state index contributed by atoms with van der Waals surface area (Å²) in [6.07, 6.45) is -0.263. The number of fused-ring (bicyclic) bond motifs is 1. The number of hydrogen-bond donors (Lipinski definition) is 0. The van der Waals surface area contributed by atoms with Gasteiger partial charge in [0, 0.05) is 31.2 Å². The molecule has 1 aromatic carbocycles. The maximum Gasteiger partial charge on any atom is 0.409 e. The summed E-state index contributed by atoms with van der Waals surface area (Å²) in [7, 11) is 1.41. The number of amides is 1. The number of aromatic nitrogens is 1. The molecule has 20 heavy (non-hydrogen) atoms. The number of piperazine rings is 1. The minimum absolute atomic E-state index is 0.263. The van der Waals surface area contributed by atoms with E-state index in [-0.39, 0.29) is 6.09 Å². The molecule has 0 aliphatic carbocycles. The van der Waals surface area contributed by atoms with E-state index >= 15 is 0 Å². The van der Waals surface area contributed by atoms with Crippen molar-refractivity contribution in [3.63, 3.8) is 0 Å². The van der Waals surface area contributed by atoms with Crippen LogP contribution in [0.4, 0.5) is 9.93 Å². The first kappa shape index (κ1) is 13.5. The van der Waals surface area contributed by atoms with Crippen LogP contribution < -0.4 is 4.90 Å². The third kappa shape index (κ3) is 2.53. The second-order valence-electron chi connectivity index (χ2n) is 4.55. The van der Waals surface area contributed by atoms with Gasteiger partial charge in [-0.15, -0.1) is 0 Å². The predicted molar refractivity (Wildman–Crippen MR) is 80.8 cm³/mol. The van der Waals surface area contributed by atoms with Gasteiger partial charge in [-0.05, 0) is 18.2 Å². The Kier molecular flexibility index (Phi) is 3.67. The molecule has 5 nitrogen and oxygen atoms in total. The van der Waals surface area contributed by atoms with Crippen molar-refractivity contribution in [3.8, 4) is 0 Å². The highest BCUT2D eigenvalue weighted by Crippen LogP contribution is 2.31. The van der Waals surface area contributed by atoms with Gasteiger partial charge in [-0.1, -0.05) is 22.9 Å². The molecule has 1 aromatic heterocycles. The molecule has 1 aliphatic heterocycles. The standard InChI is InChI=1S/C13H14ClN3O2S/c1-19-13(18)17-6-4-16(5-7-17)12-15-10-3-2-9(14)8-11(10)20-12/h2-3,8H,4-7H2,1H3. The van der Waals surface area contributed by atoms with Crippen LogP contribution >= 0.6 is 22.9 Å². The highest BCUT2D eigenvalue weighted by molar-refractivity contribution is 7.22. The molecule has 0 saturated carbocycles. The Bertz CT molecular complexity index is 638. The second-order valence-corrected chi connectivity index (χ2v) is 6.00. The average molecular weight is 312 g/mol. The fourth-order valence-corrected chi connectivity index (χ4v) is 3.52. The van der Waals surface area contributed by atoms with Crippen LogP contribution in [0, 0.1) is 0 Å². The van der Waals surface area contributed by atoms with Crippen LogP contribution in [0.5, 0.6) is 0 Å². The molecule has 1 amide bonds. The molecular weight excluding hydrogens is 298 g/mol. The number of rotatable bonds is 1. The molecule has 1 saturated heterocycles. The Balaban J connectivity index is 1.75. The third-order valence-corrected chi connectivity index (χ3v) is 4.64. The van der Waals surface area contributed by atoms with Crippen LogP contribution in [0.2, 0.25) is 5.02 Å². The van der Waals surface area contributed by atoms with Crippen LogP contribution in [0.25, 0.3) is 10.2 Å². The number of thiazole rings is 1. The van der Waals surface area contributed by atoms with Crippen molar-refractivity contribution in [1.29, 1.82) is 0 Å². The fraction of sp³-hybridized carbons (Fsp3) is 0.385. The number of nitrogens with zero attached hydrogens (tertiary/aromatic N) is 3. The van der Waals surface area contributed by atoms with Gasteiger partial charge in [0.2, 0.25) is 0 Å². The van der Waals surface area contributed by atoms with Gasteiger partial charge in [0.1, 0.15) is 0 Å². The molecule has 0 atom stereocenters. The third-order valence-electron chi connectivity index (χ3n) is 3.32. The summed E-state index contributed by atoms with van der Waals surface area (Å²) in [5.74, 6) is 0. The van der Waals surface area contributed by atoms with Crippen LogP contribution in [0.15, 0.2) is 18.2 Å². The molecule has 1 aliphatic rings. The van der Waals surface area contributed by atoms with Gasteiger partial charge in [-0.25, -0.2) is 9.78 Å². The number of hydrogen-bond acceptors (Lipinski definition) is 5. The molecule has 2 aromatic rings.